The van der Waals surface area contributed by atoms with Crippen LogP contribution in [-0.2, 0) is 0 Å². The van der Waals surface area contributed by atoms with Crippen LogP contribution in [0, 0.1) is 0 Å². The van der Waals surface area contributed by atoms with Gasteiger partial charge in [0.2, 0.25) is 0 Å². The highest BCUT2D eigenvalue weighted by Gasteiger charge is 2.09. The summed E-state index contributed by atoms with van der Waals surface area (Å²) in [5.41, 5.74) is 6.65. The lowest BCUT2D eigenvalue weighted by Gasteiger charge is -2.05. The molecule has 0 atom stereocenters. The molecule has 0 unspecified atom stereocenters. The van der Waals surface area contributed by atoms with E-state index in [1.54, 1.807) is 12.3 Å². The number of halogens is 1. The summed E-state index contributed by atoms with van der Waals surface area (Å²) in [6.07, 6.45) is 5.46. The molecule has 110 valence electrons. The molecule has 0 aliphatic carbocycles. The maximum absolute atomic E-state index is 11.7. The summed E-state index contributed by atoms with van der Waals surface area (Å²) >= 11 is 6.02. The Hall–Kier alpha value is -2.11. The summed E-state index contributed by atoms with van der Waals surface area (Å²) in [5, 5.41) is 8.86. The molecule has 3 rings (SSSR count). The molecule has 5 nitrogen and oxygen atoms in total. The molecular formula is C15H17ClN4O. The molecule has 2 aromatic heterocycles. The fraction of sp³-hybridized carbons (Fsp3) is 0.200. The Labute approximate surface area is 127 Å². The average Bonchev–Trinajstić information content (AvgIpc) is 2.88. The fourth-order valence-electron chi connectivity index (χ4n) is 2.10. The lowest BCUT2D eigenvalue weighted by Crippen LogP contribution is -2.09. The lowest BCUT2D eigenvalue weighted by molar-refractivity contribution is 1.02. The van der Waals surface area contributed by atoms with Gasteiger partial charge in [0.1, 0.15) is 0 Å². The predicted molar refractivity (Wildman–Crippen MR) is 87.8 cm³/mol. The Bertz CT molecular complexity index is 848. The van der Waals surface area contributed by atoms with Crippen LogP contribution in [0.3, 0.4) is 0 Å². The molecule has 0 aliphatic rings. The first kappa shape index (κ1) is 15.3. The topological polar surface area (TPSA) is 76.2 Å². The zero-order valence-electron chi connectivity index (χ0n) is 11.9. The number of rotatable bonds is 2. The molecule has 0 radical (unpaired) electrons. The van der Waals surface area contributed by atoms with Crippen molar-refractivity contribution in [3.8, 4) is 0 Å². The van der Waals surface area contributed by atoms with Gasteiger partial charge in [0.25, 0.3) is 0 Å². The van der Waals surface area contributed by atoms with E-state index in [0.717, 1.165) is 16.3 Å². The smallest absolute Gasteiger partial charge is 0.327 e. The van der Waals surface area contributed by atoms with Crippen molar-refractivity contribution in [3.05, 3.63) is 51.5 Å². The molecule has 0 bridgehead atoms. The third-order valence-electron chi connectivity index (χ3n) is 2.94. The largest absolute Gasteiger partial charge is 0.347 e. The molecule has 0 amide bonds. The summed E-state index contributed by atoms with van der Waals surface area (Å²) in [5.74, 6) is 0. The van der Waals surface area contributed by atoms with Crippen molar-refractivity contribution in [1.82, 2.24) is 14.6 Å². The summed E-state index contributed by atoms with van der Waals surface area (Å²) in [6.45, 7) is 4.44. The molecule has 6 heteroatoms. The highest BCUT2D eigenvalue weighted by molar-refractivity contribution is 6.31. The number of aromatic amines is 1. The quantitative estimate of drug-likeness (QED) is 0.764. The SMILES string of the molecule is CC.NC/C=C/c1cn2c(=O)[nH]nc2c2cc(Cl)ccc12. The van der Waals surface area contributed by atoms with Crippen molar-refractivity contribution in [3.63, 3.8) is 0 Å². The van der Waals surface area contributed by atoms with Crippen LogP contribution < -0.4 is 11.4 Å². The molecule has 3 N–H and O–H groups in total. The predicted octanol–water partition coefficient (Wildman–Crippen LogP) is 2.83. The minimum absolute atomic E-state index is 0.278. The third-order valence-corrected chi connectivity index (χ3v) is 3.17. The molecule has 0 spiro atoms. The molecule has 0 saturated carbocycles. The van der Waals surface area contributed by atoms with Gasteiger partial charge in [-0.15, -0.1) is 0 Å². The van der Waals surface area contributed by atoms with E-state index in [-0.39, 0.29) is 5.69 Å². The van der Waals surface area contributed by atoms with Gasteiger partial charge in [-0.2, -0.15) is 5.10 Å². The number of nitrogens with one attached hydrogen (secondary N) is 1. The summed E-state index contributed by atoms with van der Waals surface area (Å²) in [6, 6.07) is 5.52. The van der Waals surface area contributed by atoms with E-state index in [1.807, 2.05) is 38.1 Å². The molecule has 0 aliphatic heterocycles. The van der Waals surface area contributed by atoms with Gasteiger partial charge >= 0.3 is 5.69 Å². The Morgan fingerprint density at radius 2 is 2.14 bits per heavy atom. The Kier molecular flexibility index (Phi) is 4.77. The number of nitrogens with zero attached hydrogens (tertiary/aromatic N) is 2. The van der Waals surface area contributed by atoms with E-state index >= 15 is 0 Å². The van der Waals surface area contributed by atoms with Crippen LogP contribution in [0.15, 0.2) is 35.3 Å². The highest BCUT2D eigenvalue weighted by Crippen LogP contribution is 2.25. The summed E-state index contributed by atoms with van der Waals surface area (Å²) < 4.78 is 1.47. The van der Waals surface area contributed by atoms with E-state index in [4.69, 9.17) is 17.3 Å². The zero-order valence-corrected chi connectivity index (χ0v) is 12.7. The van der Waals surface area contributed by atoms with Gasteiger partial charge < -0.3 is 5.73 Å². The van der Waals surface area contributed by atoms with Gasteiger partial charge in [-0.3, -0.25) is 0 Å². The number of pyridine rings is 1. The van der Waals surface area contributed by atoms with Gasteiger partial charge in [-0.05, 0) is 23.1 Å². The lowest BCUT2D eigenvalue weighted by atomic mass is 10.1. The maximum atomic E-state index is 11.7. The van der Waals surface area contributed by atoms with E-state index in [0.29, 0.717) is 17.2 Å². The Balaban J connectivity index is 0.000000774. The van der Waals surface area contributed by atoms with E-state index in [2.05, 4.69) is 10.2 Å². The van der Waals surface area contributed by atoms with Gasteiger partial charge in [-0.25, -0.2) is 14.3 Å². The van der Waals surface area contributed by atoms with Crippen molar-refractivity contribution in [2.75, 3.05) is 6.54 Å². The van der Waals surface area contributed by atoms with Crippen LogP contribution in [0.2, 0.25) is 5.02 Å². The van der Waals surface area contributed by atoms with Crippen LogP contribution >= 0.6 is 11.6 Å². The van der Waals surface area contributed by atoms with Crippen molar-refractivity contribution in [2.24, 2.45) is 5.73 Å². The average molecular weight is 305 g/mol. The normalized spacial score (nSPS) is 11.0. The molecule has 0 fully saturated rings. The highest BCUT2D eigenvalue weighted by atomic mass is 35.5. The molecule has 0 saturated heterocycles. The number of hydrogen-bond donors (Lipinski definition) is 2. The maximum Gasteiger partial charge on any atom is 0.347 e. The Morgan fingerprint density at radius 1 is 1.38 bits per heavy atom. The second-order valence-corrected chi connectivity index (χ2v) is 4.57. The first-order chi connectivity index (χ1) is 10.2. The summed E-state index contributed by atoms with van der Waals surface area (Å²) in [7, 11) is 0. The minimum Gasteiger partial charge on any atom is -0.327 e. The minimum atomic E-state index is -0.278. The second-order valence-electron chi connectivity index (χ2n) is 4.13. The van der Waals surface area contributed by atoms with Crippen LogP contribution in [0.25, 0.3) is 22.5 Å². The number of hydrogen-bond acceptors (Lipinski definition) is 3. The molecule has 3 aromatic rings. The van der Waals surface area contributed by atoms with E-state index in [1.165, 1.54) is 4.40 Å². The van der Waals surface area contributed by atoms with Crippen molar-refractivity contribution in [1.29, 1.82) is 0 Å². The molecule has 1 aromatic carbocycles. The molecular weight excluding hydrogens is 288 g/mol. The van der Waals surface area contributed by atoms with Crippen LogP contribution in [0.5, 0.6) is 0 Å². The number of aromatic nitrogens is 3. The van der Waals surface area contributed by atoms with Gasteiger partial charge in [0.15, 0.2) is 5.65 Å². The van der Waals surface area contributed by atoms with Crippen molar-refractivity contribution < 1.29 is 0 Å². The first-order valence-corrected chi connectivity index (χ1v) is 7.14. The first-order valence-electron chi connectivity index (χ1n) is 6.76. The number of H-pyrrole nitrogens is 1. The number of benzene rings is 1. The van der Waals surface area contributed by atoms with Gasteiger partial charge in [0.05, 0.1) is 0 Å². The monoisotopic (exact) mass is 304 g/mol. The van der Waals surface area contributed by atoms with Gasteiger partial charge in [0, 0.05) is 23.2 Å². The molecule has 21 heavy (non-hydrogen) atoms. The standard InChI is InChI=1S/C13H11ClN4O.C2H6/c14-9-3-4-10-8(2-1-5-15)7-18-12(11(10)6-9)16-17-13(18)19;1-2/h1-4,6-7H,5,15H2,(H,17,19);1-2H3/b2-1+;. The number of fused-ring (bicyclic) bond motifs is 3. The van der Waals surface area contributed by atoms with Crippen LogP contribution in [0.4, 0.5) is 0 Å². The van der Waals surface area contributed by atoms with Crippen LogP contribution in [0.1, 0.15) is 19.4 Å². The van der Waals surface area contributed by atoms with Crippen molar-refractivity contribution in [2.45, 2.75) is 13.8 Å². The van der Waals surface area contributed by atoms with E-state index in [9.17, 15) is 4.79 Å². The number of nitrogens with two attached hydrogens (primary N) is 1. The second kappa shape index (κ2) is 6.56. The summed E-state index contributed by atoms with van der Waals surface area (Å²) in [4.78, 5) is 11.7. The third kappa shape index (κ3) is 2.84. The Morgan fingerprint density at radius 3 is 2.86 bits per heavy atom. The van der Waals surface area contributed by atoms with Gasteiger partial charge in [-0.1, -0.05) is 43.7 Å². The molecule has 2 heterocycles. The van der Waals surface area contributed by atoms with Crippen LogP contribution in [-0.4, -0.2) is 21.1 Å². The zero-order chi connectivity index (χ0) is 15.4. The fourth-order valence-corrected chi connectivity index (χ4v) is 2.28. The van der Waals surface area contributed by atoms with E-state index < -0.39 is 0 Å². The van der Waals surface area contributed by atoms with Crippen molar-refractivity contribution >= 4 is 34.1 Å².